The van der Waals surface area contributed by atoms with Gasteiger partial charge in [-0.1, -0.05) is 35.0 Å². The van der Waals surface area contributed by atoms with E-state index in [0.717, 1.165) is 28.6 Å². The molecular weight excluding hydrogens is 348 g/mol. The van der Waals surface area contributed by atoms with E-state index in [1.54, 1.807) is 17.7 Å². The molecule has 0 amide bonds. The third-order valence-corrected chi connectivity index (χ3v) is 5.78. The number of thiophene rings is 1. The van der Waals surface area contributed by atoms with Gasteiger partial charge in [-0.05, 0) is 31.7 Å². The van der Waals surface area contributed by atoms with Gasteiger partial charge in [0.2, 0.25) is 11.7 Å². The van der Waals surface area contributed by atoms with Crippen LogP contribution in [0.1, 0.15) is 28.3 Å². The largest absolute Gasteiger partial charge is 0.467 e. The first-order valence-corrected chi connectivity index (χ1v) is 9.37. The lowest BCUT2D eigenvalue weighted by Gasteiger charge is -2.04. The zero-order valence-corrected chi connectivity index (χ0v) is 15.0. The second-order valence-corrected chi connectivity index (χ2v) is 7.47. The molecule has 3 aromatic heterocycles. The molecule has 130 valence electrons. The van der Waals surface area contributed by atoms with Crippen LogP contribution in [-0.4, -0.2) is 20.1 Å². The van der Waals surface area contributed by atoms with Gasteiger partial charge >= 0.3 is 0 Å². The van der Waals surface area contributed by atoms with E-state index in [1.165, 1.54) is 22.4 Å². The number of ether oxygens (including phenoxy) is 1. The summed E-state index contributed by atoms with van der Waals surface area (Å²) in [6.45, 7) is 2.23. The average Bonchev–Trinajstić information content (AvgIpc) is 3.36. The molecule has 0 unspecified atom stereocenters. The first-order chi connectivity index (χ1) is 12.8. The maximum absolute atomic E-state index is 5.92. The molecule has 4 aromatic rings. The van der Waals surface area contributed by atoms with Crippen molar-refractivity contribution in [2.45, 2.75) is 32.8 Å². The maximum atomic E-state index is 5.92. The summed E-state index contributed by atoms with van der Waals surface area (Å²) < 4.78 is 11.2. The van der Waals surface area contributed by atoms with Crippen LogP contribution in [0.5, 0.6) is 5.88 Å². The molecule has 0 atom stereocenters. The standard InChI is InChI=1S/C19H16N4O2S/c1-11-5-7-12(8-6-11)17-22-15(25-23-17)9-24-18-16-13-3-2-4-14(13)26-19(16)21-10-20-18/h5-8,10H,2-4,9H2,1H3. The molecule has 1 aliphatic carbocycles. The van der Waals surface area contributed by atoms with Gasteiger partial charge in [-0.2, -0.15) is 4.98 Å². The monoisotopic (exact) mass is 364 g/mol. The molecule has 3 heterocycles. The highest BCUT2D eigenvalue weighted by Gasteiger charge is 2.22. The van der Waals surface area contributed by atoms with Gasteiger partial charge in [0.15, 0.2) is 6.61 Å². The van der Waals surface area contributed by atoms with Crippen molar-refractivity contribution in [1.82, 2.24) is 20.1 Å². The summed E-state index contributed by atoms with van der Waals surface area (Å²) in [5.41, 5.74) is 3.45. The fraction of sp³-hybridized carbons (Fsp3) is 0.263. The Kier molecular flexibility index (Phi) is 3.67. The molecule has 0 N–H and O–H groups in total. The van der Waals surface area contributed by atoms with E-state index in [9.17, 15) is 0 Å². The maximum Gasteiger partial charge on any atom is 0.264 e. The summed E-state index contributed by atoms with van der Waals surface area (Å²) in [4.78, 5) is 15.5. The number of rotatable bonds is 4. The van der Waals surface area contributed by atoms with Gasteiger partial charge in [-0.15, -0.1) is 11.3 Å². The van der Waals surface area contributed by atoms with Crippen molar-refractivity contribution in [3.8, 4) is 17.3 Å². The van der Waals surface area contributed by atoms with Crippen LogP contribution in [0.4, 0.5) is 0 Å². The molecule has 6 nitrogen and oxygen atoms in total. The molecule has 0 spiro atoms. The van der Waals surface area contributed by atoms with Gasteiger partial charge in [0, 0.05) is 10.4 Å². The Morgan fingerprint density at radius 2 is 2.04 bits per heavy atom. The number of aromatic nitrogens is 4. The second kappa shape index (κ2) is 6.17. The van der Waals surface area contributed by atoms with Gasteiger partial charge in [-0.25, -0.2) is 9.97 Å². The molecule has 26 heavy (non-hydrogen) atoms. The van der Waals surface area contributed by atoms with Gasteiger partial charge in [0.05, 0.1) is 5.39 Å². The number of aryl methyl sites for hydroxylation is 3. The highest BCUT2D eigenvalue weighted by Crippen LogP contribution is 2.39. The first kappa shape index (κ1) is 15.5. The lowest BCUT2D eigenvalue weighted by molar-refractivity contribution is 0.238. The van der Waals surface area contributed by atoms with E-state index in [1.807, 2.05) is 31.2 Å². The average molecular weight is 364 g/mol. The zero-order valence-electron chi connectivity index (χ0n) is 14.2. The summed E-state index contributed by atoms with van der Waals surface area (Å²) in [5.74, 6) is 1.59. The van der Waals surface area contributed by atoms with Crippen LogP contribution in [0.3, 0.4) is 0 Å². The van der Waals surface area contributed by atoms with Crippen LogP contribution in [0, 0.1) is 6.92 Å². The minimum atomic E-state index is 0.190. The second-order valence-electron chi connectivity index (χ2n) is 6.38. The molecule has 0 bridgehead atoms. The van der Waals surface area contributed by atoms with Crippen LogP contribution in [0.15, 0.2) is 35.1 Å². The molecule has 0 saturated heterocycles. The lowest BCUT2D eigenvalue weighted by atomic mass is 10.1. The Morgan fingerprint density at radius 3 is 2.92 bits per heavy atom. The highest BCUT2D eigenvalue weighted by atomic mass is 32.1. The third kappa shape index (κ3) is 2.64. The van der Waals surface area contributed by atoms with E-state index in [0.29, 0.717) is 17.6 Å². The first-order valence-electron chi connectivity index (χ1n) is 8.55. The van der Waals surface area contributed by atoms with Crippen molar-refractivity contribution in [3.05, 3.63) is 52.5 Å². The molecular formula is C19H16N4O2S. The third-order valence-electron chi connectivity index (χ3n) is 4.58. The normalized spacial score (nSPS) is 13.3. The van der Waals surface area contributed by atoms with Gasteiger partial charge in [0.1, 0.15) is 11.2 Å². The van der Waals surface area contributed by atoms with Crippen LogP contribution >= 0.6 is 11.3 Å². The predicted octanol–water partition coefficient (Wildman–Crippen LogP) is 4.12. The highest BCUT2D eigenvalue weighted by molar-refractivity contribution is 7.18. The fourth-order valence-corrected chi connectivity index (χ4v) is 4.49. The Labute approximate surface area is 153 Å². The number of benzene rings is 1. The van der Waals surface area contributed by atoms with Crippen molar-refractivity contribution in [1.29, 1.82) is 0 Å². The van der Waals surface area contributed by atoms with E-state index in [-0.39, 0.29) is 6.61 Å². The van der Waals surface area contributed by atoms with E-state index < -0.39 is 0 Å². The molecule has 7 heteroatoms. The molecule has 0 fully saturated rings. The predicted molar refractivity (Wildman–Crippen MR) is 98.2 cm³/mol. The SMILES string of the molecule is Cc1ccc(-c2noc(COc3ncnc4sc5c(c34)CCC5)n2)cc1. The Balaban J connectivity index is 1.39. The molecule has 5 rings (SSSR count). The number of nitrogens with zero attached hydrogens (tertiary/aromatic N) is 4. The minimum Gasteiger partial charge on any atom is -0.467 e. The Hall–Kier alpha value is -2.80. The lowest BCUT2D eigenvalue weighted by Crippen LogP contribution is -1.99. The Morgan fingerprint density at radius 1 is 1.15 bits per heavy atom. The van der Waals surface area contributed by atoms with Crippen LogP contribution < -0.4 is 4.74 Å². The van der Waals surface area contributed by atoms with Crippen LogP contribution in [-0.2, 0) is 19.4 Å². The summed E-state index contributed by atoms with van der Waals surface area (Å²) in [5, 5.41) is 5.09. The quantitative estimate of drug-likeness (QED) is 0.542. The fourth-order valence-electron chi connectivity index (χ4n) is 3.27. The van der Waals surface area contributed by atoms with Crippen molar-refractivity contribution >= 4 is 21.6 Å². The van der Waals surface area contributed by atoms with Crippen molar-refractivity contribution in [2.75, 3.05) is 0 Å². The molecule has 0 radical (unpaired) electrons. The molecule has 0 saturated carbocycles. The summed E-state index contributed by atoms with van der Waals surface area (Å²) in [7, 11) is 0. The van der Waals surface area contributed by atoms with Gasteiger partial charge < -0.3 is 9.26 Å². The minimum absolute atomic E-state index is 0.190. The number of hydrogen-bond donors (Lipinski definition) is 0. The van der Waals surface area contributed by atoms with E-state index in [4.69, 9.17) is 9.26 Å². The van der Waals surface area contributed by atoms with E-state index >= 15 is 0 Å². The zero-order chi connectivity index (χ0) is 17.5. The smallest absolute Gasteiger partial charge is 0.264 e. The van der Waals surface area contributed by atoms with Gasteiger partial charge in [0.25, 0.3) is 5.89 Å². The topological polar surface area (TPSA) is 73.9 Å². The summed E-state index contributed by atoms with van der Waals surface area (Å²) in [6, 6.07) is 8.01. The summed E-state index contributed by atoms with van der Waals surface area (Å²) >= 11 is 1.74. The molecule has 1 aromatic carbocycles. The Bertz CT molecular complexity index is 1080. The van der Waals surface area contributed by atoms with Crippen molar-refractivity contribution in [2.24, 2.45) is 0 Å². The van der Waals surface area contributed by atoms with Crippen LogP contribution in [0.25, 0.3) is 21.6 Å². The molecule has 0 aliphatic heterocycles. The summed E-state index contributed by atoms with van der Waals surface area (Å²) in [6.07, 6.45) is 4.93. The van der Waals surface area contributed by atoms with Crippen molar-refractivity contribution in [3.63, 3.8) is 0 Å². The van der Waals surface area contributed by atoms with Crippen molar-refractivity contribution < 1.29 is 9.26 Å². The van der Waals surface area contributed by atoms with Gasteiger partial charge in [-0.3, -0.25) is 0 Å². The van der Waals surface area contributed by atoms with Crippen LogP contribution in [0.2, 0.25) is 0 Å². The number of hydrogen-bond acceptors (Lipinski definition) is 7. The number of fused-ring (bicyclic) bond motifs is 3. The van der Waals surface area contributed by atoms with E-state index in [2.05, 4.69) is 20.1 Å². The molecule has 1 aliphatic rings.